The summed E-state index contributed by atoms with van der Waals surface area (Å²) in [4.78, 5) is 13.9. The molecule has 1 aliphatic heterocycles. The molecule has 1 N–H and O–H groups in total. The zero-order valence-electron chi connectivity index (χ0n) is 8.61. The van der Waals surface area contributed by atoms with Crippen molar-refractivity contribution in [3.8, 4) is 0 Å². The number of amides is 1. The quantitative estimate of drug-likeness (QED) is 0.718. The number of aliphatic hydroxyl groups excluding tert-OH is 1. The number of hydrogen-bond acceptors (Lipinski definition) is 2. The van der Waals surface area contributed by atoms with Gasteiger partial charge in [0.1, 0.15) is 0 Å². The van der Waals surface area contributed by atoms with E-state index < -0.39 is 0 Å². The molecule has 1 amide bonds. The molecule has 2 aliphatic rings. The summed E-state index contributed by atoms with van der Waals surface area (Å²) in [7, 11) is 0. The van der Waals surface area contributed by atoms with E-state index in [0.717, 1.165) is 32.4 Å². The second-order valence-corrected chi connectivity index (χ2v) is 4.60. The first-order valence-electron chi connectivity index (χ1n) is 5.71. The number of likely N-dealkylation sites (tertiary alicyclic amines) is 1. The van der Waals surface area contributed by atoms with Crippen LogP contribution in [0, 0.1) is 11.8 Å². The number of aliphatic hydroxyl groups is 1. The van der Waals surface area contributed by atoms with Crippen molar-refractivity contribution in [2.24, 2.45) is 11.8 Å². The molecule has 2 rings (SSSR count). The van der Waals surface area contributed by atoms with E-state index in [-0.39, 0.29) is 6.61 Å². The zero-order valence-corrected chi connectivity index (χ0v) is 8.61. The fraction of sp³-hybridized carbons (Fsp3) is 0.909. The minimum Gasteiger partial charge on any atom is -0.396 e. The van der Waals surface area contributed by atoms with E-state index in [9.17, 15) is 4.79 Å². The topological polar surface area (TPSA) is 40.5 Å². The highest BCUT2D eigenvalue weighted by atomic mass is 16.3. The number of rotatable bonds is 2. The van der Waals surface area contributed by atoms with Crippen molar-refractivity contribution in [1.82, 2.24) is 4.90 Å². The summed E-state index contributed by atoms with van der Waals surface area (Å²) in [6.07, 6.45) is 5.58. The van der Waals surface area contributed by atoms with Gasteiger partial charge in [-0.25, -0.2) is 0 Å². The van der Waals surface area contributed by atoms with Gasteiger partial charge in [-0.15, -0.1) is 0 Å². The Morgan fingerprint density at radius 3 is 2.57 bits per heavy atom. The number of carbonyl (C=O) groups excluding carboxylic acids is 1. The van der Waals surface area contributed by atoms with E-state index in [0.29, 0.717) is 17.7 Å². The molecule has 0 bridgehead atoms. The van der Waals surface area contributed by atoms with E-state index in [1.165, 1.54) is 12.8 Å². The van der Waals surface area contributed by atoms with Gasteiger partial charge in [0.05, 0.1) is 0 Å². The van der Waals surface area contributed by atoms with Crippen molar-refractivity contribution in [2.75, 3.05) is 19.7 Å². The maximum absolute atomic E-state index is 12.0. The molecule has 1 aliphatic carbocycles. The summed E-state index contributed by atoms with van der Waals surface area (Å²) in [6, 6.07) is 0. The van der Waals surface area contributed by atoms with Gasteiger partial charge in [-0.05, 0) is 19.3 Å². The van der Waals surface area contributed by atoms with Gasteiger partial charge in [-0.2, -0.15) is 0 Å². The Hall–Kier alpha value is -0.570. The number of nitrogens with zero attached hydrogens (tertiary/aromatic N) is 1. The third kappa shape index (κ3) is 1.92. The first kappa shape index (κ1) is 9.97. The fourth-order valence-electron chi connectivity index (χ4n) is 2.61. The molecular weight excluding hydrogens is 178 g/mol. The van der Waals surface area contributed by atoms with Crippen molar-refractivity contribution >= 4 is 5.91 Å². The van der Waals surface area contributed by atoms with E-state index in [2.05, 4.69) is 0 Å². The molecule has 1 heterocycles. The van der Waals surface area contributed by atoms with Crippen LogP contribution in [0.1, 0.15) is 32.1 Å². The van der Waals surface area contributed by atoms with Gasteiger partial charge in [-0.1, -0.05) is 12.8 Å². The normalized spacial score (nSPS) is 28.6. The second-order valence-electron chi connectivity index (χ2n) is 4.60. The van der Waals surface area contributed by atoms with E-state index in [1.807, 2.05) is 4.90 Å². The molecule has 0 unspecified atom stereocenters. The first-order chi connectivity index (χ1) is 6.81. The maximum atomic E-state index is 12.0. The predicted molar refractivity (Wildman–Crippen MR) is 53.7 cm³/mol. The van der Waals surface area contributed by atoms with Crippen LogP contribution in [-0.2, 0) is 4.79 Å². The van der Waals surface area contributed by atoms with Crippen LogP contribution in [0.15, 0.2) is 0 Å². The molecule has 14 heavy (non-hydrogen) atoms. The maximum Gasteiger partial charge on any atom is 0.225 e. The third-order valence-corrected chi connectivity index (χ3v) is 3.56. The van der Waals surface area contributed by atoms with Crippen LogP contribution in [0.25, 0.3) is 0 Å². The number of hydrogen-bond donors (Lipinski definition) is 1. The molecule has 1 saturated heterocycles. The van der Waals surface area contributed by atoms with Crippen LogP contribution in [-0.4, -0.2) is 35.6 Å². The SMILES string of the molecule is O=C(C1CCCC1)N1CC[C@H](CO)C1. The summed E-state index contributed by atoms with van der Waals surface area (Å²) in [5, 5.41) is 8.99. The van der Waals surface area contributed by atoms with Crippen molar-refractivity contribution in [1.29, 1.82) is 0 Å². The van der Waals surface area contributed by atoms with Crippen LogP contribution in [0.2, 0.25) is 0 Å². The monoisotopic (exact) mass is 197 g/mol. The average molecular weight is 197 g/mol. The van der Waals surface area contributed by atoms with Gasteiger partial charge in [0.15, 0.2) is 0 Å². The highest BCUT2D eigenvalue weighted by molar-refractivity contribution is 5.79. The van der Waals surface area contributed by atoms with Crippen LogP contribution >= 0.6 is 0 Å². The van der Waals surface area contributed by atoms with Crippen molar-refractivity contribution in [2.45, 2.75) is 32.1 Å². The van der Waals surface area contributed by atoms with Crippen LogP contribution < -0.4 is 0 Å². The molecule has 0 spiro atoms. The van der Waals surface area contributed by atoms with E-state index in [4.69, 9.17) is 5.11 Å². The van der Waals surface area contributed by atoms with Gasteiger partial charge >= 0.3 is 0 Å². The summed E-state index contributed by atoms with van der Waals surface area (Å²) >= 11 is 0. The molecule has 3 heteroatoms. The summed E-state index contributed by atoms with van der Waals surface area (Å²) in [5.74, 6) is 0.978. The minimum atomic E-state index is 0.231. The summed E-state index contributed by atoms with van der Waals surface area (Å²) < 4.78 is 0. The Bertz CT molecular complexity index is 211. The Kier molecular flexibility index (Phi) is 3.06. The Morgan fingerprint density at radius 1 is 1.29 bits per heavy atom. The van der Waals surface area contributed by atoms with Crippen molar-refractivity contribution in [3.63, 3.8) is 0 Å². The van der Waals surface area contributed by atoms with Crippen molar-refractivity contribution in [3.05, 3.63) is 0 Å². The summed E-state index contributed by atoms with van der Waals surface area (Å²) in [6.45, 7) is 1.88. The lowest BCUT2D eigenvalue weighted by molar-refractivity contribution is -0.134. The summed E-state index contributed by atoms with van der Waals surface area (Å²) in [5.41, 5.74) is 0. The third-order valence-electron chi connectivity index (χ3n) is 3.56. The average Bonchev–Trinajstić information content (AvgIpc) is 2.88. The molecule has 2 fully saturated rings. The first-order valence-corrected chi connectivity index (χ1v) is 5.71. The zero-order chi connectivity index (χ0) is 9.97. The molecular formula is C11H19NO2. The lowest BCUT2D eigenvalue weighted by atomic mass is 10.1. The molecule has 0 aromatic heterocycles. The fourth-order valence-corrected chi connectivity index (χ4v) is 2.61. The van der Waals surface area contributed by atoms with Crippen molar-refractivity contribution < 1.29 is 9.90 Å². The standard InChI is InChI=1S/C11H19NO2/c13-8-9-5-6-12(7-9)11(14)10-3-1-2-4-10/h9-10,13H,1-8H2/t9-/m0/s1. The lowest BCUT2D eigenvalue weighted by Crippen LogP contribution is -2.33. The molecule has 0 aromatic rings. The smallest absolute Gasteiger partial charge is 0.225 e. The lowest BCUT2D eigenvalue weighted by Gasteiger charge is -2.20. The van der Waals surface area contributed by atoms with Crippen LogP contribution in [0.3, 0.4) is 0 Å². The largest absolute Gasteiger partial charge is 0.396 e. The second kappa shape index (κ2) is 4.30. The van der Waals surface area contributed by atoms with E-state index >= 15 is 0 Å². The van der Waals surface area contributed by atoms with Gasteiger partial charge in [-0.3, -0.25) is 4.79 Å². The van der Waals surface area contributed by atoms with E-state index in [1.54, 1.807) is 0 Å². The van der Waals surface area contributed by atoms with Crippen LogP contribution in [0.5, 0.6) is 0 Å². The number of carbonyl (C=O) groups is 1. The van der Waals surface area contributed by atoms with Gasteiger partial charge in [0.25, 0.3) is 0 Å². The molecule has 1 atom stereocenters. The molecule has 80 valence electrons. The molecule has 1 saturated carbocycles. The molecule has 0 aromatic carbocycles. The van der Waals surface area contributed by atoms with Crippen LogP contribution in [0.4, 0.5) is 0 Å². The van der Waals surface area contributed by atoms with Gasteiger partial charge < -0.3 is 10.0 Å². The van der Waals surface area contributed by atoms with Gasteiger partial charge in [0, 0.05) is 31.5 Å². The Balaban J connectivity index is 1.86. The Labute approximate surface area is 85.1 Å². The van der Waals surface area contributed by atoms with Gasteiger partial charge in [0.2, 0.25) is 5.91 Å². The molecule has 3 nitrogen and oxygen atoms in total. The minimum absolute atomic E-state index is 0.231. The predicted octanol–water partition coefficient (Wildman–Crippen LogP) is 1.02. The highest BCUT2D eigenvalue weighted by Gasteiger charge is 2.31. The highest BCUT2D eigenvalue weighted by Crippen LogP contribution is 2.28. The molecule has 0 radical (unpaired) electrons. The Morgan fingerprint density at radius 2 is 2.00 bits per heavy atom.